The molecule has 1 aliphatic rings. The van der Waals surface area contributed by atoms with Crippen LogP contribution in [-0.2, 0) is 24.7 Å². The Hall–Kier alpha value is -1.34. The van der Waals surface area contributed by atoms with Crippen LogP contribution in [0.15, 0.2) is 11.2 Å². The second-order valence-corrected chi connectivity index (χ2v) is 9.56. The summed E-state index contributed by atoms with van der Waals surface area (Å²) in [7, 11) is 1.94. The fourth-order valence-corrected chi connectivity index (χ4v) is 5.04. The molecule has 0 bridgehead atoms. The van der Waals surface area contributed by atoms with Crippen molar-refractivity contribution in [2.45, 2.75) is 45.2 Å². The van der Waals surface area contributed by atoms with Crippen molar-refractivity contribution in [3.8, 4) is 10.7 Å². The summed E-state index contributed by atoms with van der Waals surface area (Å²) in [6.45, 7) is 7.00. The zero-order valence-electron chi connectivity index (χ0n) is 14.6. The molecule has 130 valence electrons. The lowest BCUT2D eigenvalue weighted by Gasteiger charge is -2.33. The van der Waals surface area contributed by atoms with Crippen molar-refractivity contribution in [3.63, 3.8) is 0 Å². The van der Waals surface area contributed by atoms with Crippen LogP contribution in [-0.4, -0.2) is 26.4 Å². The van der Waals surface area contributed by atoms with Crippen molar-refractivity contribution < 1.29 is 4.79 Å². The monoisotopic (exact) mass is 364 g/mol. The predicted octanol–water partition coefficient (Wildman–Crippen LogP) is 3.27. The van der Waals surface area contributed by atoms with Gasteiger partial charge in [0.1, 0.15) is 0 Å². The van der Waals surface area contributed by atoms with E-state index in [2.05, 4.69) is 37.0 Å². The molecule has 1 unspecified atom stereocenters. The zero-order chi connectivity index (χ0) is 17.5. The summed E-state index contributed by atoms with van der Waals surface area (Å²) >= 11 is 3.16. The summed E-state index contributed by atoms with van der Waals surface area (Å²) in [5.74, 6) is 1.48. The first-order chi connectivity index (χ1) is 11.3. The average Bonchev–Trinajstić information content (AvgIpc) is 3.06. The van der Waals surface area contributed by atoms with Crippen molar-refractivity contribution in [1.82, 2.24) is 14.8 Å². The molecule has 0 aliphatic heterocycles. The van der Waals surface area contributed by atoms with E-state index in [1.54, 1.807) is 0 Å². The van der Waals surface area contributed by atoms with E-state index in [9.17, 15) is 4.79 Å². The Labute approximate surface area is 151 Å². The summed E-state index contributed by atoms with van der Waals surface area (Å²) < 4.78 is 1.95. The smallest absolute Gasteiger partial charge is 0.227 e. The molecule has 0 saturated carbocycles. The van der Waals surface area contributed by atoms with Gasteiger partial charge < -0.3 is 10.3 Å². The molecule has 0 radical (unpaired) electrons. The number of amides is 1. The highest BCUT2D eigenvalue weighted by molar-refractivity contribution is 7.99. The predicted molar refractivity (Wildman–Crippen MR) is 99.2 cm³/mol. The van der Waals surface area contributed by atoms with Gasteiger partial charge >= 0.3 is 0 Å². The van der Waals surface area contributed by atoms with Crippen LogP contribution >= 0.6 is 23.1 Å². The van der Waals surface area contributed by atoms with Gasteiger partial charge in [-0.15, -0.1) is 21.5 Å². The molecule has 5 nitrogen and oxygen atoms in total. The van der Waals surface area contributed by atoms with E-state index in [-0.39, 0.29) is 11.7 Å². The average molecular weight is 365 g/mol. The van der Waals surface area contributed by atoms with Crippen LogP contribution in [0.3, 0.4) is 0 Å². The molecule has 2 aromatic heterocycles. The Kier molecular flexibility index (Phi) is 4.75. The molecular formula is C17H24N4OS2. The molecule has 2 heterocycles. The summed E-state index contributed by atoms with van der Waals surface area (Å²) in [6, 6.07) is 2.28. The molecule has 3 rings (SSSR count). The molecule has 0 spiro atoms. The normalized spacial score (nSPS) is 17.8. The lowest BCUT2D eigenvalue weighted by molar-refractivity contribution is -0.115. The molecule has 24 heavy (non-hydrogen) atoms. The maximum absolute atomic E-state index is 11.0. The van der Waals surface area contributed by atoms with Gasteiger partial charge in [-0.1, -0.05) is 32.5 Å². The third-order valence-electron chi connectivity index (χ3n) is 4.71. The van der Waals surface area contributed by atoms with Gasteiger partial charge in [0.25, 0.3) is 0 Å². The van der Waals surface area contributed by atoms with Crippen LogP contribution in [0, 0.1) is 11.3 Å². The third kappa shape index (κ3) is 3.52. The number of aryl methyl sites for hydroxylation is 1. The van der Waals surface area contributed by atoms with Crippen LogP contribution in [0.2, 0.25) is 0 Å². The Bertz CT molecular complexity index is 757. The van der Waals surface area contributed by atoms with E-state index in [0.717, 1.165) is 34.6 Å². The molecule has 1 aliphatic carbocycles. The number of primary amides is 1. The molecule has 7 heteroatoms. The molecule has 0 aromatic carbocycles. The highest BCUT2D eigenvalue weighted by Crippen LogP contribution is 2.42. The molecule has 1 amide bonds. The number of carbonyl (C=O) groups excluding carboxylic acids is 1. The number of nitrogens with two attached hydrogens (primary N) is 1. The lowest BCUT2D eigenvalue weighted by Crippen LogP contribution is -2.26. The first kappa shape index (κ1) is 17.5. The number of aromatic nitrogens is 3. The van der Waals surface area contributed by atoms with Gasteiger partial charge in [-0.3, -0.25) is 4.79 Å². The fraction of sp³-hybridized carbons (Fsp3) is 0.588. The highest BCUT2D eigenvalue weighted by Gasteiger charge is 2.30. The van der Waals surface area contributed by atoms with Crippen molar-refractivity contribution in [3.05, 3.63) is 16.5 Å². The van der Waals surface area contributed by atoms with Gasteiger partial charge in [0.05, 0.1) is 10.6 Å². The maximum Gasteiger partial charge on any atom is 0.227 e. The number of fused-ring (bicyclic) bond motifs is 1. The quantitative estimate of drug-likeness (QED) is 0.845. The summed E-state index contributed by atoms with van der Waals surface area (Å²) in [4.78, 5) is 13.6. The van der Waals surface area contributed by atoms with Gasteiger partial charge in [0.15, 0.2) is 11.0 Å². The second-order valence-electron chi connectivity index (χ2n) is 7.48. The van der Waals surface area contributed by atoms with Gasteiger partial charge in [-0.2, -0.15) is 0 Å². The highest BCUT2D eigenvalue weighted by atomic mass is 32.2. The number of thiophene rings is 1. The first-order valence-corrected chi connectivity index (χ1v) is 9.98. The van der Waals surface area contributed by atoms with E-state index in [1.165, 1.54) is 28.6 Å². The number of carbonyl (C=O) groups is 1. The number of thioether (sulfide) groups is 1. The van der Waals surface area contributed by atoms with Crippen LogP contribution in [0.25, 0.3) is 10.7 Å². The van der Waals surface area contributed by atoms with Gasteiger partial charge in [0.2, 0.25) is 5.91 Å². The van der Waals surface area contributed by atoms with Crippen LogP contribution < -0.4 is 5.73 Å². The number of hydrogen-bond acceptors (Lipinski definition) is 5. The van der Waals surface area contributed by atoms with Crippen LogP contribution in [0.1, 0.15) is 37.6 Å². The maximum atomic E-state index is 11.0. The van der Waals surface area contributed by atoms with Gasteiger partial charge in [0, 0.05) is 11.9 Å². The van der Waals surface area contributed by atoms with Crippen molar-refractivity contribution in [2.24, 2.45) is 24.1 Å². The van der Waals surface area contributed by atoms with Crippen LogP contribution in [0.5, 0.6) is 0 Å². The minimum Gasteiger partial charge on any atom is -0.369 e. The molecule has 0 fully saturated rings. The Morgan fingerprint density at radius 3 is 2.88 bits per heavy atom. The van der Waals surface area contributed by atoms with Crippen molar-refractivity contribution in [2.75, 3.05) is 5.75 Å². The number of hydrogen-bond donors (Lipinski definition) is 1. The molecule has 0 saturated heterocycles. The van der Waals surface area contributed by atoms with E-state index in [0.29, 0.717) is 5.41 Å². The lowest BCUT2D eigenvalue weighted by atomic mass is 9.72. The minimum atomic E-state index is -0.343. The first-order valence-electron chi connectivity index (χ1n) is 8.18. The van der Waals surface area contributed by atoms with Crippen LogP contribution in [0.4, 0.5) is 0 Å². The molecule has 1 atom stereocenters. The fourth-order valence-electron chi connectivity index (χ4n) is 3.16. The van der Waals surface area contributed by atoms with Crippen molar-refractivity contribution >= 4 is 29.0 Å². The largest absolute Gasteiger partial charge is 0.369 e. The Morgan fingerprint density at radius 1 is 1.46 bits per heavy atom. The van der Waals surface area contributed by atoms with E-state index < -0.39 is 0 Å². The topological polar surface area (TPSA) is 73.8 Å². The summed E-state index contributed by atoms with van der Waals surface area (Å²) in [5, 5.41) is 9.25. The second kappa shape index (κ2) is 6.52. The van der Waals surface area contributed by atoms with Crippen molar-refractivity contribution in [1.29, 1.82) is 0 Å². The molecule has 2 N–H and O–H groups in total. The number of nitrogens with zero attached hydrogens (tertiary/aromatic N) is 3. The SMILES string of the molecule is Cn1c(SCC(N)=O)nnc1-c1cc2c(s1)CCC(C(C)(C)C)C2. The zero-order valence-corrected chi connectivity index (χ0v) is 16.3. The number of rotatable bonds is 4. The minimum absolute atomic E-state index is 0.222. The Morgan fingerprint density at radius 2 is 2.21 bits per heavy atom. The summed E-state index contributed by atoms with van der Waals surface area (Å²) in [5.41, 5.74) is 7.03. The van der Waals surface area contributed by atoms with E-state index >= 15 is 0 Å². The molecule has 2 aromatic rings. The Balaban J connectivity index is 1.83. The van der Waals surface area contributed by atoms with Gasteiger partial charge in [-0.25, -0.2) is 0 Å². The van der Waals surface area contributed by atoms with E-state index in [4.69, 9.17) is 5.73 Å². The van der Waals surface area contributed by atoms with Gasteiger partial charge in [-0.05, 0) is 42.2 Å². The third-order valence-corrected chi connectivity index (χ3v) is 6.98. The standard InChI is InChI=1S/C17H24N4OS2/c1-17(2,3)11-5-6-12-10(7-11)8-13(24-12)15-19-20-16(21(15)4)23-9-14(18)22/h8,11H,5-7,9H2,1-4H3,(H2,18,22). The summed E-state index contributed by atoms with van der Waals surface area (Å²) in [6.07, 6.45) is 3.56. The van der Waals surface area contributed by atoms with E-state index in [1.807, 2.05) is 23.0 Å². The molecular weight excluding hydrogens is 340 g/mol.